The van der Waals surface area contributed by atoms with E-state index in [1.54, 1.807) is 6.07 Å². The minimum absolute atomic E-state index is 0.465. The van der Waals surface area contributed by atoms with Crippen molar-refractivity contribution in [3.8, 4) is 21.8 Å². The number of carbonyl (C=O) groups is 1. The van der Waals surface area contributed by atoms with Crippen LogP contribution in [0.15, 0.2) is 47.8 Å². The predicted octanol–water partition coefficient (Wildman–Crippen LogP) is 4.07. The quantitative estimate of drug-likeness (QED) is 0.718. The number of rotatable bonds is 4. The molecule has 1 saturated heterocycles. The third-order valence-electron chi connectivity index (χ3n) is 4.53. The zero-order valence-corrected chi connectivity index (χ0v) is 16.1. The molecule has 0 atom stereocenters. The van der Waals surface area contributed by atoms with Gasteiger partial charge in [-0.15, -0.1) is 11.3 Å². The Hall–Kier alpha value is -2.41. The average molecular weight is 400 g/mol. The van der Waals surface area contributed by atoms with Crippen LogP contribution in [-0.2, 0) is 4.74 Å². The lowest BCUT2D eigenvalue weighted by Gasteiger charge is -2.29. The lowest BCUT2D eigenvalue weighted by Crippen LogP contribution is -2.36. The van der Waals surface area contributed by atoms with Crippen LogP contribution in [0.4, 0.5) is 5.69 Å². The van der Waals surface area contributed by atoms with Gasteiger partial charge in [0.2, 0.25) is 5.91 Å². The van der Waals surface area contributed by atoms with E-state index in [0.29, 0.717) is 23.8 Å². The fourth-order valence-corrected chi connectivity index (χ4v) is 4.21. The zero-order chi connectivity index (χ0) is 18.8. The highest BCUT2D eigenvalue weighted by molar-refractivity contribution is 7.13. The summed E-state index contributed by atoms with van der Waals surface area (Å²) in [6.45, 7) is 3.03. The second-order valence-electron chi connectivity index (χ2n) is 6.21. The Morgan fingerprint density at radius 2 is 1.93 bits per heavy atom. The van der Waals surface area contributed by atoms with E-state index in [1.165, 1.54) is 11.3 Å². The van der Waals surface area contributed by atoms with Gasteiger partial charge in [0.25, 0.3) is 0 Å². The Kier molecular flexibility index (Phi) is 5.11. The van der Waals surface area contributed by atoms with Gasteiger partial charge in [-0.3, -0.25) is 4.79 Å². The van der Waals surface area contributed by atoms with Gasteiger partial charge in [-0.25, -0.2) is 4.98 Å². The molecule has 0 radical (unpaired) electrons. The van der Waals surface area contributed by atoms with Crippen LogP contribution in [0.1, 0.15) is 10.4 Å². The van der Waals surface area contributed by atoms with Gasteiger partial charge in [-0.05, 0) is 24.3 Å². The molecule has 0 spiro atoms. The summed E-state index contributed by atoms with van der Waals surface area (Å²) >= 11 is 7.77. The third-order valence-corrected chi connectivity index (χ3v) is 5.73. The molecule has 7 heteroatoms. The standard InChI is InChI=1S/C20H18ClN3O2S/c21-17-4-2-1-3-15(17)18-12-27-20(23-18)16-11-13(5-6-14(16)19(22)25)24-7-9-26-10-8-24/h1-6,11-12H,7-10H2,(H2,22,25). The number of benzene rings is 2. The predicted molar refractivity (Wildman–Crippen MR) is 110 cm³/mol. The normalized spacial score (nSPS) is 14.3. The molecule has 0 saturated carbocycles. The van der Waals surface area contributed by atoms with Crippen LogP contribution in [0.5, 0.6) is 0 Å². The van der Waals surface area contributed by atoms with Crippen LogP contribution in [0.3, 0.4) is 0 Å². The van der Waals surface area contributed by atoms with Crippen LogP contribution in [0, 0.1) is 0 Å². The molecular formula is C20H18ClN3O2S. The third kappa shape index (κ3) is 3.69. The average Bonchev–Trinajstić information content (AvgIpc) is 3.18. The summed E-state index contributed by atoms with van der Waals surface area (Å²) in [5, 5.41) is 3.34. The van der Waals surface area contributed by atoms with Crippen LogP contribution in [0.2, 0.25) is 5.02 Å². The summed E-state index contributed by atoms with van der Waals surface area (Å²) in [7, 11) is 0. The molecule has 2 N–H and O–H groups in total. The van der Waals surface area contributed by atoms with Crippen molar-refractivity contribution in [2.75, 3.05) is 31.2 Å². The maximum atomic E-state index is 12.0. The van der Waals surface area contributed by atoms with E-state index in [9.17, 15) is 4.79 Å². The summed E-state index contributed by atoms with van der Waals surface area (Å²) in [6.07, 6.45) is 0. The molecule has 0 aliphatic carbocycles. The van der Waals surface area contributed by atoms with Gasteiger partial charge in [0.1, 0.15) is 5.01 Å². The van der Waals surface area contributed by atoms with E-state index in [0.717, 1.165) is 40.6 Å². The molecule has 4 rings (SSSR count). The minimum Gasteiger partial charge on any atom is -0.378 e. The maximum Gasteiger partial charge on any atom is 0.249 e. The summed E-state index contributed by atoms with van der Waals surface area (Å²) in [5.74, 6) is -0.465. The van der Waals surface area contributed by atoms with E-state index < -0.39 is 5.91 Å². The summed E-state index contributed by atoms with van der Waals surface area (Å²) in [5.41, 5.74) is 9.50. The minimum atomic E-state index is -0.465. The summed E-state index contributed by atoms with van der Waals surface area (Å²) < 4.78 is 5.42. The van der Waals surface area contributed by atoms with Crippen molar-refractivity contribution in [2.45, 2.75) is 0 Å². The summed E-state index contributed by atoms with van der Waals surface area (Å²) in [6, 6.07) is 13.3. The molecular weight excluding hydrogens is 382 g/mol. The van der Waals surface area contributed by atoms with Crippen molar-refractivity contribution in [3.63, 3.8) is 0 Å². The molecule has 1 fully saturated rings. The van der Waals surface area contributed by atoms with Crippen LogP contribution >= 0.6 is 22.9 Å². The monoisotopic (exact) mass is 399 g/mol. The molecule has 0 bridgehead atoms. The number of primary amides is 1. The number of ether oxygens (including phenoxy) is 1. The van der Waals surface area contributed by atoms with Crippen molar-refractivity contribution in [1.82, 2.24) is 4.98 Å². The Morgan fingerprint density at radius 1 is 1.15 bits per heavy atom. The molecule has 1 amide bonds. The Bertz CT molecular complexity index is 983. The molecule has 0 unspecified atom stereocenters. The molecule has 2 heterocycles. The number of morpholine rings is 1. The highest BCUT2D eigenvalue weighted by Crippen LogP contribution is 2.35. The number of halogens is 1. The summed E-state index contributed by atoms with van der Waals surface area (Å²) in [4.78, 5) is 18.9. The fraction of sp³-hybridized carbons (Fsp3) is 0.200. The number of aromatic nitrogens is 1. The second-order valence-corrected chi connectivity index (χ2v) is 7.48. The van der Waals surface area contributed by atoms with Gasteiger partial charge >= 0.3 is 0 Å². The van der Waals surface area contributed by atoms with Gasteiger partial charge in [0.15, 0.2) is 0 Å². The van der Waals surface area contributed by atoms with Crippen molar-refractivity contribution in [1.29, 1.82) is 0 Å². The molecule has 138 valence electrons. The van der Waals surface area contributed by atoms with Crippen LogP contribution in [0.25, 0.3) is 21.8 Å². The lowest BCUT2D eigenvalue weighted by atomic mass is 10.1. The SMILES string of the molecule is NC(=O)c1ccc(N2CCOCC2)cc1-c1nc(-c2ccccc2Cl)cs1. The Balaban J connectivity index is 1.75. The molecule has 2 aromatic carbocycles. The van der Waals surface area contributed by atoms with E-state index in [2.05, 4.69) is 4.90 Å². The van der Waals surface area contributed by atoms with E-state index in [-0.39, 0.29) is 0 Å². The van der Waals surface area contributed by atoms with E-state index in [4.69, 9.17) is 27.1 Å². The number of carbonyl (C=O) groups excluding carboxylic acids is 1. The van der Waals surface area contributed by atoms with Crippen molar-refractivity contribution in [3.05, 3.63) is 58.4 Å². The smallest absolute Gasteiger partial charge is 0.249 e. The second kappa shape index (κ2) is 7.68. The van der Waals surface area contributed by atoms with Crippen molar-refractivity contribution >= 4 is 34.5 Å². The molecule has 1 aliphatic rings. The lowest BCUT2D eigenvalue weighted by molar-refractivity contribution is 0.100. The number of nitrogens with zero attached hydrogens (tertiary/aromatic N) is 2. The number of hydrogen-bond acceptors (Lipinski definition) is 5. The van der Waals surface area contributed by atoms with Gasteiger partial charge in [0.05, 0.1) is 18.9 Å². The Labute approximate surface area is 166 Å². The maximum absolute atomic E-state index is 12.0. The van der Waals surface area contributed by atoms with E-state index in [1.807, 2.05) is 41.8 Å². The number of hydrogen-bond donors (Lipinski definition) is 1. The van der Waals surface area contributed by atoms with Crippen molar-refractivity contribution in [2.24, 2.45) is 5.73 Å². The van der Waals surface area contributed by atoms with E-state index >= 15 is 0 Å². The number of nitrogens with two attached hydrogens (primary N) is 1. The van der Waals surface area contributed by atoms with Crippen LogP contribution in [-0.4, -0.2) is 37.2 Å². The molecule has 1 aliphatic heterocycles. The zero-order valence-electron chi connectivity index (χ0n) is 14.5. The molecule has 27 heavy (non-hydrogen) atoms. The molecule has 1 aromatic heterocycles. The van der Waals surface area contributed by atoms with Crippen molar-refractivity contribution < 1.29 is 9.53 Å². The van der Waals surface area contributed by atoms with Gasteiger partial charge < -0.3 is 15.4 Å². The van der Waals surface area contributed by atoms with Crippen LogP contribution < -0.4 is 10.6 Å². The number of anilines is 1. The number of thiazole rings is 1. The fourth-order valence-electron chi connectivity index (χ4n) is 3.13. The first-order chi connectivity index (χ1) is 13.1. The number of amides is 1. The largest absolute Gasteiger partial charge is 0.378 e. The first-order valence-corrected chi connectivity index (χ1v) is 9.86. The van der Waals surface area contributed by atoms with Gasteiger partial charge in [-0.1, -0.05) is 29.8 Å². The highest BCUT2D eigenvalue weighted by Gasteiger charge is 2.18. The first-order valence-electron chi connectivity index (χ1n) is 8.61. The Morgan fingerprint density at radius 3 is 2.67 bits per heavy atom. The van der Waals surface area contributed by atoms with Gasteiger partial charge in [-0.2, -0.15) is 0 Å². The highest BCUT2D eigenvalue weighted by atomic mass is 35.5. The molecule has 5 nitrogen and oxygen atoms in total. The molecule has 3 aromatic rings. The first kappa shape index (κ1) is 18.0. The van der Waals surface area contributed by atoms with Gasteiger partial charge in [0, 0.05) is 45.9 Å². The topological polar surface area (TPSA) is 68.5 Å².